The Morgan fingerprint density at radius 1 is 1.39 bits per heavy atom. The van der Waals surface area contributed by atoms with E-state index in [9.17, 15) is 13.2 Å². The maximum Gasteiger partial charge on any atom is 0.393 e. The van der Waals surface area contributed by atoms with E-state index in [0.717, 1.165) is 12.1 Å². The summed E-state index contributed by atoms with van der Waals surface area (Å²) >= 11 is 0. The number of hydrogen-bond donors (Lipinski definition) is 1. The first-order valence-electron chi connectivity index (χ1n) is 6.24. The molecule has 0 aliphatic heterocycles. The van der Waals surface area contributed by atoms with Crippen LogP contribution in [0, 0.1) is 5.92 Å². The van der Waals surface area contributed by atoms with Crippen LogP contribution in [0.3, 0.4) is 0 Å². The van der Waals surface area contributed by atoms with Gasteiger partial charge in [0.15, 0.2) is 0 Å². The Kier molecular flexibility index (Phi) is 3.94. The predicted octanol–water partition coefficient (Wildman–Crippen LogP) is 2.63. The van der Waals surface area contributed by atoms with Gasteiger partial charge in [-0.05, 0) is 12.8 Å². The summed E-state index contributed by atoms with van der Waals surface area (Å²) in [6, 6.07) is -0.464. The number of rotatable bonds is 3. The van der Waals surface area contributed by atoms with Gasteiger partial charge < -0.3 is 9.88 Å². The van der Waals surface area contributed by atoms with Gasteiger partial charge in [0.25, 0.3) is 0 Å². The molecule has 1 aliphatic carbocycles. The van der Waals surface area contributed by atoms with Crippen LogP contribution < -0.4 is 5.32 Å². The number of nitrogens with zero attached hydrogens (tertiary/aromatic N) is 2. The summed E-state index contributed by atoms with van der Waals surface area (Å²) in [5.41, 5.74) is 0.904. The Hall–Kier alpha value is -1.04. The summed E-state index contributed by atoms with van der Waals surface area (Å²) in [6.45, 7) is 0.438. The number of aryl methyl sites for hydroxylation is 1. The van der Waals surface area contributed by atoms with Crippen molar-refractivity contribution in [2.24, 2.45) is 13.0 Å². The Labute approximate surface area is 104 Å². The topological polar surface area (TPSA) is 29.9 Å². The highest BCUT2D eigenvalue weighted by Crippen LogP contribution is 2.37. The zero-order valence-corrected chi connectivity index (χ0v) is 10.4. The van der Waals surface area contributed by atoms with Gasteiger partial charge in [-0.2, -0.15) is 13.2 Å². The van der Waals surface area contributed by atoms with Crippen LogP contribution in [0.25, 0.3) is 0 Å². The molecule has 3 nitrogen and oxygen atoms in total. The van der Waals surface area contributed by atoms with Crippen LogP contribution in [0.5, 0.6) is 0 Å². The Morgan fingerprint density at radius 3 is 2.72 bits per heavy atom. The van der Waals surface area contributed by atoms with Gasteiger partial charge in [0.1, 0.15) is 0 Å². The molecule has 1 aromatic heterocycles. The third kappa shape index (κ3) is 3.04. The zero-order valence-electron chi connectivity index (χ0n) is 10.4. The molecule has 18 heavy (non-hydrogen) atoms. The normalized spacial score (nSPS) is 25.3. The van der Waals surface area contributed by atoms with Gasteiger partial charge >= 0.3 is 6.18 Å². The molecule has 1 N–H and O–H groups in total. The molecular formula is C12H18F3N3. The van der Waals surface area contributed by atoms with Gasteiger partial charge in [0.2, 0.25) is 0 Å². The zero-order chi connectivity index (χ0) is 13.2. The standard InChI is InChI=1S/C12H18F3N3/c1-18-8-16-6-9(18)7-17-11-5-3-2-4-10(11)12(13,14)15/h6,8,10-11,17H,2-5,7H2,1H3/t10-,11-/m1/s1. The van der Waals surface area contributed by atoms with E-state index in [1.165, 1.54) is 0 Å². The molecule has 0 amide bonds. The highest BCUT2D eigenvalue weighted by molar-refractivity contribution is 4.98. The maximum atomic E-state index is 12.9. The number of aromatic nitrogens is 2. The van der Waals surface area contributed by atoms with Crippen LogP contribution in [0.2, 0.25) is 0 Å². The van der Waals surface area contributed by atoms with E-state index in [-0.39, 0.29) is 6.42 Å². The van der Waals surface area contributed by atoms with Gasteiger partial charge in [0, 0.05) is 25.8 Å². The third-order valence-electron chi connectivity index (χ3n) is 3.65. The van der Waals surface area contributed by atoms with Gasteiger partial charge in [-0.3, -0.25) is 0 Å². The number of imidazole rings is 1. The summed E-state index contributed by atoms with van der Waals surface area (Å²) in [5.74, 6) is -1.21. The minimum absolute atomic E-state index is 0.243. The molecule has 0 aromatic carbocycles. The van der Waals surface area contributed by atoms with E-state index in [1.54, 1.807) is 12.5 Å². The van der Waals surface area contributed by atoms with E-state index >= 15 is 0 Å². The molecule has 1 heterocycles. The largest absolute Gasteiger partial charge is 0.393 e. The lowest BCUT2D eigenvalue weighted by Crippen LogP contribution is -2.45. The Balaban J connectivity index is 1.96. The average molecular weight is 261 g/mol. The van der Waals surface area contributed by atoms with Crippen molar-refractivity contribution in [3.8, 4) is 0 Å². The molecule has 0 spiro atoms. The molecule has 0 radical (unpaired) electrons. The molecule has 1 saturated carbocycles. The molecule has 1 aliphatic rings. The van der Waals surface area contributed by atoms with E-state index in [2.05, 4.69) is 10.3 Å². The minimum Gasteiger partial charge on any atom is -0.337 e. The number of alkyl halides is 3. The highest BCUT2D eigenvalue weighted by Gasteiger charge is 2.45. The summed E-state index contributed by atoms with van der Waals surface area (Å²) in [4.78, 5) is 3.95. The van der Waals surface area contributed by atoms with Crippen molar-refractivity contribution in [1.82, 2.24) is 14.9 Å². The molecule has 102 valence electrons. The lowest BCUT2D eigenvalue weighted by atomic mass is 9.84. The molecule has 6 heteroatoms. The van der Waals surface area contributed by atoms with Gasteiger partial charge in [-0.15, -0.1) is 0 Å². The van der Waals surface area contributed by atoms with E-state index in [0.29, 0.717) is 19.4 Å². The lowest BCUT2D eigenvalue weighted by Gasteiger charge is -2.33. The summed E-state index contributed by atoms with van der Waals surface area (Å²) in [5, 5.41) is 3.04. The molecule has 0 unspecified atom stereocenters. The van der Waals surface area contributed by atoms with Gasteiger partial charge in [-0.25, -0.2) is 4.98 Å². The van der Waals surface area contributed by atoms with Crippen molar-refractivity contribution < 1.29 is 13.2 Å². The fourth-order valence-electron chi connectivity index (χ4n) is 2.56. The fraction of sp³-hybridized carbons (Fsp3) is 0.750. The van der Waals surface area contributed by atoms with Crippen molar-refractivity contribution in [1.29, 1.82) is 0 Å². The van der Waals surface area contributed by atoms with Crippen LogP contribution in [0.1, 0.15) is 31.4 Å². The molecular weight excluding hydrogens is 243 g/mol. The first-order valence-corrected chi connectivity index (χ1v) is 6.24. The number of nitrogens with one attached hydrogen (secondary N) is 1. The van der Waals surface area contributed by atoms with Gasteiger partial charge in [-0.1, -0.05) is 12.8 Å². The second kappa shape index (κ2) is 5.30. The summed E-state index contributed by atoms with van der Waals surface area (Å²) in [6.07, 6.45) is 1.63. The van der Waals surface area contributed by atoms with Crippen LogP contribution >= 0.6 is 0 Å². The predicted molar refractivity (Wildman–Crippen MR) is 61.8 cm³/mol. The molecule has 2 atom stereocenters. The van der Waals surface area contributed by atoms with Crippen LogP contribution in [0.4, 0.5) is 13.2 Å². The molecule has 1 aromatic rings. The second-order valence-electron chi connectivity index (χ2n) is 4.92. The molecule has 2 rings (SSSR count). The Bertz CT molecular complexity index is 386. The minimum atomic E-state index is -4.09. The Morgan fingerprint density at radius 2 is 2.11 bits per heavy atom. The summed E-state index contributed by atoms with van der Waals surface area (Å²) < 4.78 is 40.5. The first kappa shape index (κ1) is 13.4. The van der Waals surface area contributed by atoms with Gasteiger partial charge in [0.05, 0.1) is 17.9 Å². The van der Waals surface area contributed by atoms with E-state index < -0.39 is 18.1 Å². The van der Waals surface area contributed by atoms with Crippen molar-refractivity contribution >= 4 is 0 Å². The van der Waals surface area contributed by atoms with E-state index in [4.69, 9.17) is 0 Å². The van der Waals surface area contributed by atoms with Crippen molar-refractivity contribution in [3.63, 3.8) is 0 Å². The van der Waals surface area contributed by atoms with Crippen molar-refractivity contribution in [2.75, 3.05) is 0 Å². The highest BCUT2D eigenvalue weighted by atomic mass is 19.4. The van der Waals surface area contributed by atoms with E-state index in [1.807, 2.05) is 11.6 Å². The van der Waals surface area contributed by atoms with Crippen LogP contribution in [-0.4, -0.2) is 21.8 Å². The maximum absolute atomic E-state index is 12.9. The average Bonchev–Trinajstić information content (AvgIpc) is 2.71. The lowest BCUT2D eigenvalue weighted by molar-refractivity contribution is -0.189. The SMILES string of the molecule is Cn1cncc1CN[C@@H]1CCCC[C@H]1C(F)(F)F. The molecule has 0 bridgehead atoms. The second-order valence-corrected chi connectivity index (χ2v) is 4.92. The van der Waals surface area contributed by atoms with Crippen molar-refractivity contribution in [3.05, 3.63) is 18.2 Å². The quantitative estimate of drug-likeness (QED) is 0.906. The number of hydrogen-bond acceptors (Lipinski definition) is 2. The monoisotopic (exact) mass is 261 g/mol. The fourth-order valence-corrected chi connectivity index (χ4v) is 2.56. The third-order valence-corrected chi connectivity index (χ3v) is 3.65. The van der Waals surface area contributed by atoms with Crippen molar-refractivity contribution in [2.45, 2.75) is 44.4 Å². The molecule has 0 saturated heterocycles. The smallest absolute Gasteiger partial charge is 0.337 e. The van der Waals surface area contributed by atoms with Crippen LogP contribution in [0.15, 0.2) is 12.5 Å². The molecule has 1 fully saturated rings. The summed E-state index contributed by atoms with van der Waals surface area (Å²) in [7, 11) is 1.84. The number of halogens is 3. The van der Waals surface area contributed by atoms with Crippen LogP contribution in [-0.2, 0) is 13.6 Å². The first-order chi connectivity index (χ1) is 8.48.